The standard InChI is InChI=1S/C26H32ClN5O3S/c1-16-4-6-18-21(12-16)36-26-24(18)25(29-22(30-26)14-32-8-10-35-11-9-32)31(2)15-23(33)28-19-13-17(27)5-7-20(19)34-3/h5,7,13,16H,4,6,8-12,14-15H2,1-3H3,(H,28,33)/t16-/m1/s1. The second kappa shape index (κ2) is 10.9. The number of carbonyl (C=O) groups excluding carboxylic acids is 1. The first kappa shape index (κ1) is 25.2. The summed E-state index contributed by atoms with van der Waals surface area (Å²) in [5.74, 6) is 2.68. The second-order valence-electron chi connectivity index (χ2n) is 9.63. The molecule has 0 unspecified atom stereocenters. The monoisotopic (exact) mass is 529 g/mol. The first-order valence-corrected chi connectivity index (χ1v) is 13.6. The lowest BCUT2D eigenvalue weighted by molar-refractivity contribution is -0.114. The highest BCUT2D eigenvalue weighted by Crippen LogP contribution is 2.41. The number of nitrogens with zero attached hydrogens (tertiary/aromatic N) is 4. The van der Waals surface area contributed by atoms with Crippen molar-refractivity contribution in [2.24, 2.45) is 5.92 Å². The Kier molecular flexibility index (Phi) is 7.62. The van der Waals surface area contributed by atoms with E-state index in [1.54, 1.807) is 36.6 Å². The molecule has 1 saturated heterocycles. The van der Waals surface area contributed by atoms with Gasteiger partial charge in [0.2, 0.25) is 5.91 Å². The summed E-state index contributed by atoms with van der Waals surface area (Å²) >= 11 is 7.93. The molecule has 0 spiro atoms. The maximum Gasteiger partial charge on any atom is 0.244 e. The fraction of sp³-hybridized carbons (Fsp3) is 0.500. The molecule has 10 heteroatoms. The van der Waals surface area contributed by atoms with Crippen LogP contribution in [-0.4, -0.2) is 67.8 Å². The van der Waals surface area contributed by atoms with Gasteiger partial charge in [-0.15, -0.1) is 11.3 Å². The fourth-order valence-corrected chi connectivity index (χ4v) is 6.50. The minimum Gasteiger partial charge on any atom is -0.495 e. The van der Waals surface area contributed by atoms with Crippen molar-refractivity contribution in [3.63, 3.8) is 0 Å². The molecule has 1 N–H and O–H groups in total. The lowest BCUT2D eigenvalue weighted by Crippen LogP contribution is -2.36. The largest absolute Gasteiger partial charge is 0.495 e. The Labute approximate surface area is 220 Å². The maximum absolute atomic E-state index is 13.1. The van der Waals surface area contributed by atoms with Gasteiger partial charge in [-0.05, 0) is 48.9 Å². The predicted molar refractivity (Wildman–Crippen MR) is 145 cm³/mol. The Morgan fingerprint density at radius 3 is 2.92 bits per heavy atom. The summed E-state index contributed by atoms with van der Waals surface area (Å²) in [6.45, 7) is 6.32. The lowest BCUT2D eigenvalue weighted by atomic mass is 9.89. The van der Waals surface area contributed by atoms with Gasteiger partial charge in [-0.3, -0.25) is 9.69 Å². The Bertz CT molecular complexity index is 1260. The van der Waals surface area contributed by atoms with Gasteiger partial charge < -0.3 is 19.7 Å². The molecule has 1 aliphatic heterocycles. The Morgan fingerprint density at radius 2 is 2.14 bits per heavy atom. The molecule has 1 aromatic carbocycles. The summed E-state index contributed by atoms with van der Waals surface area (Å²) in [5.41, 5.74) is 1.90. The number of hydrogen-bond acceptors (Lipinski definition) is 8. The molecule has 3 aromatic rings. The number of benzene rings is 1. The van der Waals surface area contributed by atoms with Crippen LogP contribution in [0.4, 0.5) is 11.5 Å². The maximum atomic E-state index is 13.1. The van der Waals surface area contributed by atoms with Gasteiger partial charge in [-0.25, -0.2) is 9.97 Å². The molecule has 8 nitrogen and oxygen atoms in total. The molecule has 0 saturated carbocycles. The van der Waals surface area contributed by atoms with E-state index in [9.17, 15) is 4.79 Å². The van der Waals surface area contributed by atoms with Gasteiger partial charge in [0, 0.05) is 30.0 Å². The molecular formula is C26H32ClN5O3S. The number of halogens is 1. The predicted octanol–water partition coefficient (Wildman–Crippen LogP) is 4.39. The zero-order chi connectivity index (χ0) is 25.2. The molecule has 192 valence electrons. The molecule has 2 aromatic heterocycles. The number of likely N-dealkylation sites (N-methyl/N-ethyl adjacent to an activating group) is 1. The number of amides is 1. The van der Waals surface area contributed by atoms with Gasteiger partial charge in [0.25, 0.3) is 0 Å². The van der Waals surface area contributed by atoms with Crippen LogP contribution in [0.1, 0.15) is 29.6 Å². The van der Waals surface area contributed by atoms with E-state index in [-0.39, 0.29) is 12.5 Å². The second-order valence-corrected chi connectivity index (χ2v) is 11.2. The molecule has 5 rings (SSSR count). The van der Waals surface area contributed by atoms with Crippen molar-refractivity contribution in [1.82, 2.24) is 14.9 Å². The van der Waals surface area contributed by atoms with Gasteiger partial charge in [-0.1, -0.05) is 18.5 Å². The number of nitrogens with one attached hydrogen (secondary N) is 1. The average Bonchev–Trinajstić information content (AvgIpc) is 3.21. The van der Waals surface area contributed by atoms with E-state index < -0.39 is 0 Å². The van der Waals surface area contributed by atoms with Crippen LogP contribution in [0.5, 0.6) is 5.75 Å². The van der Waals surface area contributed by atoms with E-state index >= 15 is 0 Å². The van der Waals surface area contributed by atoms with Gasteiger partial charge in [0.15, 0.2) is 0 Å². The van der Waals surface area contributed by atoms with Crippen molar-refractivity contribution in [2.45, 2.75) is 32.7 Å². The molecule has 0 radical (unpaired) electrons. The number of aromatic nitrogens is 2. The van der Waals surface area contributed by atoms with E-state index in [0.717, 1.165) is 67.4 Å². The number of rotatable bonds is 7. The van der Waals surface area contributed by atoms with Crippen LogP contribution in [-0.2, 0) is 28.9 Å². The summed E-state index contributed by atoms with van der Waals surface area (Å²) in [5, 5.41) is 4.57. The minimum atomic E-state index is -0.169. The number of anilines is 2. The lowest BCUT2D eigenvalue weighted by Gasteiger charge is -2.26. The smallest absolute Gasteiger partial charge is 0.244 e. The summed E-state index contributed by atoms with van der Waals surface area (Å²) in [4.78, 5) is 29.8. The van der Waals surface area contributed by atoms with Crippen LogP contribution in [0.15, 0.2) is 18.2 Å². The van der Waals surface area contributed by atoms with Crippen LogP contribution in [0.25, 0.3) is 10.2 Å². The summed E-state index contributed by atoms with van der Waals surface area (Å²) in [6.07, 6.45) is 3.26. The zero-order valence-electron chi connectivity index (χ0n) is 21.0. The van der Waals surface area contributed by atoms with E-state index in [4.69, 9.17) is 31.0 Å². The van der Waals surface area contributed by atoms with Crippen LogP contribution in [0.2, 0.25) is 5.02 Å². The number of morpholine rings is 1. The van der Waals surface area contributed by atoms with Gasteiger partial charge in [-0.2, -0.15) is 0 Å². The van der Waals surface area contributed by atoms with E-state index in [1.807, 2.05) is 11.9 Å². The number of fused-ring (bicyclic) bond motifs is 3. The highest BCUT2D eigenvalue weighted by atomic mass is 35.5. The van der Waals surface area contributed by atoms with Crippen molar-refractivity contribution in [1.29, 1.82) is 0 Å². The zero-order valence-corrected chi connectivity index (χ0v) is 22.5. The van der Waals surface area contributed by atoms with Crippen molar-refractivity contribution in [3.05, 3.63) is 39.5 Å². The number of aryl methyl sites for hydroxylation is 1. The fourth-order valence-electron chi connectivity index (χ4n) is 4.93. The normalized spacial score (nSPS) is 18.2. The number of hydrogen-bond donors (Lipinski definition) is 1. The topological polar surface area (TPSA) is 79.8 Å². The van der Waals surface area contributed by atoms with Crippen LogP contribution < -0.4 is 15.0 Å². The van der Waals surface area contributed by atoms with Crippen LogP contribution >= 0.6 is 22.9 Å². The van der Waals surface area contributed by atoms with Crippen LogP contribution in [0.3, 0.4) is 0 Å². The molecule has 1 aliphatic carbocycles. The SMILES string of the molecule is COc1ccc(Cl)cc1NC(=O)CN(C)c1nc(CN2CCOCC2)nc2sc3c(c12)CC[C@@H](C)C3. The average molecular weight is 530 g/mol. The molecule has 36 heavy (non-hydrogen) atoms. The third-order valence-electron chi connectivity index (χ3n) is 6.83. The molecule has 0 bridgehead atoms. The summed E-state index contributed by atoms with van der Waals surface area (Å²) < 4.78 is 10.9. The molecule has 2 aliphatic rings. The highest BCUT2D eigenvalue weighted by molar-refractivity contribution is 7.19. The third kappa shape index (κ3) is 5.44. The number of carbonyl (C=O) groups is 1. The van der Waals surface area contributed by atoms with Gasteiger partial charge >= 0.3 is 0 Å². The van der Waals surface area contributed by atoms with E-state index in [1.165, 1.54) is 10.4 Å². The van der Waals surface area contributed by atoms with E-state index in [2.05, 4.69) is 17.1 Å². The molecule has 3 heterocycles. The Hall–Kier alpha value is -2.46. The number of methoxy groups -OCH3 is 1. The first-order chi connectivity index (χ1) is 17.4. The molecular weight excluding hydrogens is 498 g/mol. The quantitative estimate of drug-likeness (QED) is 0.486. The highest BCUT2D eigenvalue weighted by Gasteiger charge is 2.26. The Balaban J connectivity index is 1.44. The summed E-state index contributed by atoms with van der Waals surface area (Å²) in [6, 6.07) is 5.17. The number of ether oxygens (including phenoxy) is 2. The number of thiophene rings is 1. The van der Waals surface area contributed by atoms with Crippen molar-refractivity contribution in [2.75, 3.05) is 57.2 Å². The van der Waals surface area contributed by atoms with Crippen molar-refractivity contribution in [3.8, 4) is 5.75 Å². The Morgan fingerprint density at radius 1 is 1.33 bits per heavy atom. The first-order valence-electron chi connectivity index (χ1n) is 12.4. The summed E-state index contributed by atoms with van der Waals surface area (Å²) in [7, 11) is 3.49. The van der Waals surface area contributed by atoms with Gasteiger partial charge in [0.05, 0.1) is 44.5 Å². The van der Waals surface area contributed by atoms with Crippen molar-refractivity contribution < 1.29 is 14.3 Å². The van der Waals surface area contributed by atoms with Crippen LogP contribution in [0, 0.1) is 5.92 Å². The van der Waals surface area contributed by atoms with Crippen molar-refractivity contribution >= 4 is 50.6 Å². The molecule has 1 atom stereocenters. The van der Waals surface area contributed by atoms with Gasteiger partial charge in [0.1, 0.15) is 22.2 Å². The molecule has 1 fully saturated rings. The molecule has 1 amide bonds. The minimum absolute atomic E-state index is 0.139. The van der Waals surface area contributed by atoms with E-state index in [0.29, 0.717) is 28.9 Å². The third-order valence-corrected chi connectivity index (χ3v) is 8.21.